The number of aryl methyl sites for hydroxylation is 1. The fourth-order valence-electron chi connectivity index (χ4n) is 4.23. The summed E-state index contributed by atoms with van der Waals surface area (Å²) >= 11 is 0. The van der Waals surface area contributed by atoms with Crippen LogP contribution in [0.25, 0.3) is 0 Å². The van der Waals surface area contributed by atoms with Crippen molar-refractivity contribution in [2.24, 2.45) is 16.2 Å². The van der Waals surface area contributed by atoms with Crippen molar-refractivity contribution in [3.8, 4) is 0 Å². The van der Waals surface area contributed by atoms with Gasteiger partial charge in [-0.3, -0.25) is 14.4 Å². The zero-order valence-corrected chi connectivity index (χ0v) is 13.4. The third-order valence-electron chi connectivity index (χ3n) is 6.20. The molecular weight excluding hydrogens is 278 g/mol. The lowest BCUT2D eigenvalue weighted by Crippen LogP contribution is -2.47. The highest BCUT2D eigenvalue weighted by Crippen LogP contribution is 2.69. The number of anilines is 1. The number of hydrogen-bond acceptors (Lipinski definition) is 3. The van der Waals surface area contributed by atoms with Gasteiger partial charge in [-0.2, -0.15) is 0 Å². The van der Waals surface area contributed by atoms with Crippen molar-refractivity contribution in [3.05, 3.63) is 29.8 Å². The summed E-state index contributed by atoms with van der Waals surface area (Å²) in [5.74, 6) is -1.25. The maximum absolute atomic E-state index is 12.9. The Morgan fingerprint density at radius 3 is 2.32 bits per heavy atom. The molecule has 0 aliphatic heterocycles. The molecule has 0 spiro atoms. The van der Waals surface area contributed by atoms with Crippen LogP contribution < -0.4 is 5.32 Å². The molecule has 2 fully saturated rings. The zero-order chi connectivity index (χ0) is 16.3. The van der Waals surface area contributed by atoms with Crippen molar-refractivity contribution >= 4 is 23.2 Å². The first-order valence-corrected chi connectivity index (χ1v) is 7.64. The zero-order valence-electron chi connectivity index (χ0n) is 13.4. The van der Waals surface area contributed by atoms with Gasteiger partial charge in [0.2, 0.25) is 17.5 Å². The molecule has 1 aromatic rings. The number of carbonyl (C=O) groups excluding carboxylic acids is 3. The van der Waals surface area contributed by atoms with Gasteiger partial charge in [0.15, 0.2) is 0 Å². The summed E-state index contributed by atoms with van der Waals surface area (Å²) in [5, 5.41) is 2.85. The van der Waals surface area contributed by atoms with E-state index in [1.807, 2.05) is 45.9 Å². The number of hydrogen-bond donors (Lipinski definition) is 1. The topological polar surface area (TPSA) is 63.2 Å². The van der Waals surface area contributed by atoms with Crippen LogP contribution in [0.15, 0.2) is 24.3 Å². The number of ketones is 2. The van der Waals surface area contributed by atoms with Gasteiger partial charge in [0.25, 0.3) is 0 Å². The molecule has 0 heterocycles. The van der Waals surface area contributed by atoms with Crippen molar-refractivity contribution in [2.45, 2.75) is 40.5 Å². The summed E-state index contributed by atoms with van der Waals surface area (Å²) in [7, 11) is 0. The SMILES string of the molecule is Cc1cccc(NC(=O)[C@@]23CC[C@](C)(C(=O)C2=O)C3(C)C)c1. The predicted molar refractivity (Wildman–Crippen MR) is 83.4 cm³/mol. The van der Waals surface area contributed by atoms with Crippen LogP contribution in [0.3, 0.4) is 0 Å². The number of amides is 1. The van der Waals surface area contributed by atoms with Gasteiger partial charge in [0, 0.05) is 11.1 Å². The van der Waals surface area contributed by atoms with Gasteiger partial charge in [-0.1, -0.05) is 32.9 Å². The number of benzene rings is 1. The maximum Gasteiger partial charge on any atom is 0.239 e. The smallest absolute Gasteiger partial charge is 0.239 e. The number of Topliss-reactive ketones (excluding diaryl/α,β-unsaturated/α-hetero) is 2. The third kappa shape index (κ3) is 1.50. The molecular formula is C18H21NO3. The van der Waals surface area contributed by atoms with Gasteiger partial charge in [-0.05, 0) is 42.9 Å². The van der Waals surface area contributed by atoms with Crippen LogP contribution >= 0.6 is 0 Å². The Hall–Kier alpha value is -1.97. The molecule has 2 saturated carbocycles. The summed E-state index contributed by atoms with van der Waals surface area (Å²) < 4.78 is 0. The van der Waals surface area contributed by atoms with E-state index in [9.17, 15) is 14.4 Å². The highest BCUT2D eigenvalue weighted by atomic mass is 16.2. The van der Waals surface area contributed by atoms with E-state index in [1.54, 1.807) is 6.07 Å². The second-order valence-electron chi connectivity index (χ2n) is 7.34. The van der Waals surface area contributed by atoms with E-state index in [0.717, 1.165) is 5.56 Å². The maximum atomic E-state index is 12.9. The first kappa shape index (κ1) is 14.9. The molecule has 116 valence electrons. The van der Waals surface area contributed by atoms with E-state index < -0.39 is 22.0 Å². The first-order valence-electron chi connectivity index (χ1n) is 7.64. The molecule has 3 rings (SSSR count). The van der Waals surface area contributed by atoms with Gasteiger partial charge in [-0.25, -0.2) is 0 Å². The second kappa shape index (κ2) is 4.28. The van der Waals surface area contributed by atoms with Crippen LogP contribution in [-0.2, 0) is 14.4 Å². The van der Waals surface area contributed by atoms with Crippen LogP contribution in [0, 0.1) is 23.2 Å². The lowest BCUT2D eigenvalue weighted by Gasteiger charge is -2.37. The summed E-state index contributed by atoms with van der Waals surface area (Å²) in [6, 6.07) is 7.45. The van der Waals surface area contributed by atoms with Gasteiger partial charge in [-0.15, -0.1) is 0 Å². The Kier molecular flexibility index (Phi) is 2.91. The summed E-state index contributed by atoms with van der Waals surface area (Å²) in [6.07, 6.45) is 1.03. The Labute approximate surface area is 130 Å². The monoisotopic (exact) mass is 299 g/mol. The molecule has 4 heteroatoms. The third-order valence-corrected chi connectivity index (χ3v) is 6.20. The molecule has 2 aliphatic carbocycles. The fraction of sp³-hybridized carbons (Fsp3) is 0.500. The Bertz CT molecular complexity index is 706. The van der Waals surface area contributed by atoms with Crippen molar-refractivity contribution in [1.82, 2.24) is 0 Å². The second-order valence-corrected chi connectivity index (χ2v) is 7.34. The van der Waals surface area contributed by atoms with Gasteiger partial charge in [0.1, 0.15) is 5.41 Å². The normalized spacial score (nSPS) is 32.4. The summed E-state index contributed by atoms with van der Waals surface area (Å²) in [6.45, 7) is 7.51. The average Bonchev–Trinajstić information content (AvgIpc) is 2.71. The van der Waals surface area contributed by atoms with Crippen LogP contribution in [0.5, 0.6) is 0 Å². The molecule has 0 aromatic heterocycles. The van der Waals surface area contributed by atoms with E-state index in [2.05, 4.69) is 5.32 Å². The van der Waals surface area contributed by atoms with Crippen LogP contribution in [0.4, 0.5) is 5.69 Å². The minimum absolute atomic E-state index is 0.345. The van der Waals surface area contributed by atoms with Crippen LogP contribution in [0.1, 0.15) is 39.2 Å². The molecule has 1 amide bonds. The molecule has 0 unspecified atom stereocenters. The van der Waals surface area contributed by atoms with Crippen molar-refractivity contribution < 1.29 is 14.4 Å². The van der Waals surface area contributed by atoms with Crippen LogP contribution in [0.2, 0.25) is 0 Å². The Morgan fingerprint density at radius 1 is 1.09 bits per heavy atom. The van der Waals surface area contributed by atoms with Gasteiger partial charge < -0.3 is 5.32 Å². The lowest BCUT2D eigenvalue weighted by molar-refractivity contribution is -0.147. The summed E-state index contributed by atoms with van der Waals surface area (Å²) in [4.78, 5) is 37.9. The molecule has 2 aliphatic rings. The molecule has 1 N–H and O–H groups in total. The highest BCUT2D eigenvalue weighted by molar-refractivity contribution is 6.49. The van der Waals surface area contributed by atoms with E-state index in [1.165, 1.54) is 0 Å². The molecule has 0 radical (unpaired) electrons. The standard InChI is InChI=1S/C18H21NO3/c1-11-6-5-7-12(10-11)19-15(22)18-9-8-17(4,16(18,2)3)13(20)14(18)21/h5-7,10H,8-9H2,1-4H3,(H,19,22)/t17-,18-/m1/s1. The molecule has 22 heavy (non-hydrogen) atoms. The van der Waals surface area contributed by atoms with E-state index in [-0.39, 0.29) is 11.7 Å². The Morgan fingerprint density at radius 2 is 1.77 bits per heavy atom. The minimum atomic E-state index is -1.23. The molecule has 1 aromatic carbocycles. The van der Waals surface area contributed by atoms with E-state index in [4.69, 9.17) is 0 Å². The van der Waals surface area contributed by atoms with E-state index >= 15 is 0 Å². The largest absolute Gasteiger partial charge is 0.325 e. The van der Waals surface area contributed by atoms with Gasteiger partial charge in [0.05, 0.1) is 0 Å². The van der Waals surface area contributed by atoms with Crippen LogP contribution in [-0.4, -0.2) is 17.5 Å². The number of nitrogens with one attached hydrogen (secondary N) is 1. The number of rotatable bonds is 2. The summed E-state index contributed by atoms with van der Waals surface area (Å²) in [5.41, 5.74) is -0.936. The minimum Gasteiger partial charge on any atom is -0.325 e. The molecule has 2 bridgehead atoms. The number of carbonyl (C=O) groups is 3. The molecule has 0 saturated heterocycles. The first-order chi connectivity index (χ1) is 10.2. The Balaban J connectivity index is 2.01. The molecule has 2 atom stereocenters. The number of fused-ring (bicyclic) bond motifs is 2. The van der Waals surface area contributed by atoms with Crippen molar-refractivity contribution in [1.29, 1.82) is 0 Å². The predicted octanol–water partition coefficient (Wildman–Crippen LogP) is 2.90. The van der Waals surface area contributed by atoms with E-state index in [0.29, 0.717) is 18.5 Å². The van der Waals surface area contributed by atoms with Crippen molar-refractivity contribution in [2.75, 3.05) is 5.32 Å². The quantitative estimate of drug-likeness (QED) is 0.674. The molecule has 4 nitrogen and oxygen atoms in total. The lowest BCUT2D eigenvalue weighted by atomic mass is 9.64. The van der Waals surface area contributed by atoms with Gasteiger partial charge >= 0.3 is 0 Å². The average molecular weight is 299 g/mol. The van der Waals surface area contributed by atoms with Crippen molar-refractivity contribution in [3.63, 3.8) is 0 Å². The fourth-order valence-corrected chi connectivity index (χ4v) is 4.23. The highest BCUT2D eigenvalue weighted by Gasteiger charge is 2.77.